The van der Waals surface area contributed by atoms with Crippen molar-refractivity contribution in [2.75, 3.05) is 17.6 Å². The van der Waals surface area contributed by atoms with Gasteiger partial charge in [0.15, 0.2) is 0 Å². The number of nitrogens with zero attached hydrogens (tertiary/aromatic N) is 2. The van der Waals surface area contributed by atoms with E-state index >= 15 is 0 Å². The van der Waals surface area contributed by atoms with Gasteiger partial charge in [0.05, 0.1) is 0 Å². The van der Waals surface area contributed by atoms with Crippen LogP contribution in [0.3, 0.4) is 0 Å². The molecule has 0 saturated heterocycles. The van der Waals surface area contributed by atoms with Gasteiger partial charge in [0, 0.05) is 31.3 Å². The molecule has 2 aromatic heterocycles. The van der Waals surface area contributed by atoms with Gasteiger partial charge in [0.2, 0.25) is 0 Å². The molecule has 1 aliphatic carbocycles. The number of rotatable bonds is 3. The molecule has 20 heavy (non-hydrogen) atoms. The van der Waals surface area contributed by atoms with Crippen molar-refractivity contribution in [1.29, 1.82) is 0 Å². The normalized spacial score (nSPS) is 18.6. The molecule has 2 aromatic rings. The summed E-state index contributed by atoms with van der Waals surface area (Å²) < 4.78 is 24.9. The van der Waals surface area contributed by atoms with Gasteiger partial charge in [-0.05, 0) is 24.3 Å². The van der Waals surface area contributed by atoms with E-state index in [2.05, 4.69) is 15.3 Å². The minimum atomic E-state index is -2.44. The minimum absolute atomic E-state index is 0.00678. The number of anilines is 2. The first-order valence-electron chi connectivity index (χ1n) is 6.27. The zero-order chi connectivity index (χ0) is 14.4. The number of halogens is 2. The lowest BCUT2D eigenvalue weighted by molar-refractivity contribution is 0.101. The third kappa shape index (κ3) is 4.46. The Kier molecular flexibility index (Phi) is 4.45. The maximum atomic E-state index is 12.4. The van der Waals surface area contributed by atoms with E-state index in [1.165, 1.54) is 0 Å². The van der Waals surface area contributed by atoms with E-state index < -0.39 is 11.8 Å². The summed E-state index contributed by atoms with van der Waals surface area (Å²) in [4.78, 5) is 7.73. The summed E-state index contributed by atoms with van der Waals surface area (Å²) in [6.45, 7) is 0.310. The Hall–Kier alpha value is -2.24. The molecule has 1 fully saturated rings. The van der Waals surface area contributed by atoms with Crippen molar-refractivity contribution in [1.82, 2.24) is 9.97 Å². The smallest absolute Gasteiger partial charge is 0.253 e. The largest absolute Gasteiger partial charge is 0.384 e. The van der Waals surface area contributed by atoms with Gasteiger partial charge in [-0.2, -0.15) is 0 Å². The van der Waals surface area contributed by atoms with Gasteiger partial charge in [-0.15, -0.1) is 0 Å². The third-order valence-electron chi connectivity index (χ3n) is 2.84. The van der Waals surface area contributed by atoms with Gasteiger partial charge >= 0.3 is 0 Å². The second kappa shape index (κ2) is 6.27. The lowest BCUT2D eigenvalue weighted by atomic mass is 10.4. The topological polar surface area (TPSA) is 63.8 Å². The fourth-order valence-electron chi connectivity index (χ4n) is 1.56. The summed E-state index contributed by atoms with van der Waals surface area (Å²) in [6.07, 6.45) is 3.30. The van der Waals surface area contributed by atoms with E-state index in [0.717, 1.165) is 0 Å². The zero-order valence-corrected chi connectivity index (χ0v) is 10.8. The molecule has 1 atom stereocenters. The second-order valence-electron chi connectivity index (χ2n) is 4.51. The van der Waals surface area contributed by atoms with Gasteiger partial charge in [-0.25, -0.2) is 18.7 Å². The Balaban J connectivity index is 0.000000178. The Labute approximate surface area is 116 Å². The van der Waals surface area contributed by atoms with Crippen LogP contribution in [0.4, 0.5) is 20.4 Å². The minimum Gasteiger partial charge on any atom is -0.384 e. The van der Waals surface area contributed by atoms with Crippen LogP contribution in [-0.4, -0.2) is 22.4 Å². The molecule has 0 amide bonds. The lowest BCUT2D eigenvalue weighted by Gasteiger charge is -2.02. The predicted molar refractivity (Wildman–Crippen MR) is 74.4 cm³/mol. The average Bonchev–Trinajstić information content (AvgIpc) is 3.07. The number of nitrogen functional groups attached to an aromatic ring is 1. The summed E-state index contributed by atoms with van der Waals surface area (Å²) in [5.41, 5.74) is 5.25. The number of hydrogen-bond acceptors (Lipinski definition) is 4. The molecule has 4 nitrogen and oxygen atoms in total. The molecule has 0 bridgehead atoms. The van der Waals surface area contributed by atoms with Gasteiger partial charge in [-0.1, -0.05) is 12.1 Å². The number of nitrogens with two attached hydrogens (primary N) is 1. The Morgan fingerprint density at radius 1 is 1.15 bits per heavy atom. The highest BCUT2D eigenvalue weighted by Crippen LogP contribution is 2.48. The molecule has 3 N–H and O–H groups in total. The highest BCUT2D eigenvalue weighted by molar-refractivity contribution is 5.33. The van der Waals surface area contributed by atoms with Crippen LogP contribution in [0, 0.1) is 5.92 Å². The lowest BCUT2D eigenvalue weighted by Crippen LogP contribution is -2.09. The maximum absolute atomic E-state index is 12.4. The number of alkyl halides is 2. The highest BCUT2D eigenvalue weighted by atomic mass is 19.3. The zero-order valence-electron chi connectivity index (χ0n) is 10.8. The number of hydrogen-bond donors (Lipinski definition) is 2. The van der Waals surface area contributed by atoms with Crippen LogP contribution in [0.5, 0.6) is 0 Å². The first kappa shape index (κ1) is 14.2. The van der Waals surface area contributed by atoms with Crippen molar-refractivity contribution in [3.05, 3.63) is 48.8 Å². The molecule has 0 aliphatic heterocycles. The SMILES string of the molecule is FC1(F)CC1CNc1ccccn1.Nc1ccccn1. The molecule has 1 unspecified atom stereocenters. The Morgan fingerprint density at radius 2 is 1.80 bits per heavy atom. The molecular formula is C14H16F2N4. The van der Waals surface area contributed by atoms with E-state index in [0.29, 0.717) is 18.2 Å². The van der Waals surface area contributed by atoms with E-state index in [4.69, 9.17) is 5.73 Å². The molecule has 1 aliphatic rings. The van der Waals surface area contributed by atoms with E-state index in [1.807, 2.05) is 18.2 Å². The molecule has 2 heterocycles. The third-order valence-corrected chi connectivity index (χ3v) is 2.84. The van der Waals surface area contributed by atoms with Gasteiger partial charge < -0.3 is 11.1 Å². The van der Waals surface area contributed by atoms with Crippen LogP contribution < -0.4 is 11.1 Å². The van der Waals surface area contributed by atoms with Crippen molar-refractivity contribution in [3.63, 3.8) is 0 Å². The van der Waals surface area contributed by atoms with Crippen LogP contribution in [0.25, 0.3) is 0 Å². The fourth-order valence-corrected chi connectivity index (χ4v) is 1.56. The summed E-state index contributed by atoms with van der Waals surface area (Å²) in [5.74, 6) is -1.72. The average molecular weight is 278 g/mol. The first-order chi connectivity index (χ1) is 9.58. The summed E-state index contributed by atoms with van der Waals surface area (Å²) in [5, 5.41) is 2.87. The van der Waals surface area contributed by atoms with Crippen LogP contribution in [0.1, 0.15) is 6.42 Å². The van der Waals surface area contributed by atoms with E-state index in [1.54, 1.807) is 30.6 Å². The molecular weight excluding hydrogens is 262 g/mol. The van der Waals surface area contributed by atoms with Gasteiger partial charge in [0.25, 0.3) is 5.92 Å². The molecule has 0 aromatic carbocycles. The highest BCUT2D eigenvalue weighted by Gasteiger charge is 2.56. The second-order valence-corrected chi connectivity index (χ2v) is 4.51. The summed E-state index contributed by atoms with van der Waals surface area (Å²) in [6, 6.07) is 10.8. The standard InChI is InChI=1S/C9H10F2N2.C5H6N2/c10-9(11)5-7(9)6-13-8-3-1-2-4-12-8;6-5-3-1-2-4-7-5/h1-4,7H,5-6H2,(H,12,13);1-4H,(H2,6,7). The molecule has 3 rings (SSSR count). The number of pyridine rings is 2. The van der Waals surface area contributed by atoms with E-state index in [-0.39, 0.29) is 6.42 Å². The van der Waals surface area contributed by atoms with E-state index in [9.17, 15) is 8.78 Å². The van der Waals surface area contributed by atoms with Crippen LogP contribution in [0.2, 0.25) is 0 Å². The molecule has 106 valence electrons. The fraction of sp³-hybridized carbons (Fsp3) is 0.286. The molecule has 0 radical (unpaired) electrons. The predicted octanol–water partition coefficient (Wildman–Crippen LogP) is 2.81. The quantitative estimate of drug-likeness (QED) is 0.906. The Morgan fingerprint density at radius 3 is 2.20 bits per heavy atom. The van der Waals surface area contributed by atoms with Crippen molar-refractivity contribution < 1.29 is 8.78 Å². The molecule has 6 heteroatoms. The van der Waals surface area contributed by atoms with Crippen LogP contribution in [0.15, 0.2) is 48.8 Å². The van der Waals surface area contributed by atoms with Gasteiger partial charge in [-0.3, -0.25) is 0 Å². The molecule has 0 spiro atoms. The molecule has 1 saturated carbocycles. The van der Waals surface area contributed by atoms with Crippen molar-refractivity contribution in [2.45, 2.75) is 12.3 Å². The Bertz CT molecular complexity index is 519. The number of aromatic nitrogens is 2. The van der Waals surface area contributed by atoms with Crippen molar-refractivity contribution >= 4 is 11.6 Å². The van der Waals surface area contributed by atoms with Gasteiger partial charge in [0.1, 0.15) is 11.6 Å². The summed E-state index contributed by atoms with van der Waals surface area (Å²) >= 11 is 0. The number of nitrogens with one attached hydrogen (secondary N) is 1. The summed E-state index contributed by atoms with van der Waals surface area (Å²) in [7, 11) is 0. The van der Waals surface area contributed by atoms with Crippen molar-refractivity contribution in [2.24, 2.45) is 5.92 Å². The van der Waals surface area contributed by atoms with Crippen LogP contribution >= 0.6 is 0 Å². The maximum Gasteiger partial charge on any atom is 0.253 e. The van der Waals surface area contributed by atoms with Crippen molar-refractivity contribution in [3.8, 4) is 0 Å². The van der Waals surface area contributed by atoms with Crippen LogP contribution in [-0.2, 0) is 0 Å². The monoisotopic (exact) mass is 278 g/mol. The first-order valence-corrected chi connectivity index (χ1v) is 6.27.